The highest BCUT2D eigenvalue weighted by molar-refractivity contribution is 7.89. The number of sulfonamides is 1. The molecule has 1 amide bonds. The van der Waals surface area contributed by atoms with Gasteiger partial charge in [0, 0.05) is 12.1 Å². The molecule has 27 heavy (non-hydrogen) atoms. The zero-order valence-electron chi connectivity index (χ0n) is 13.8. The van der Waals surface area contributed by atoms with Crippen molar-refractivity contribution < 1.29 is 31.1 Å². The summed E-state index contributed by atoms with van der Waals surface area (Å²) in [6, 6.07) is 10.2. The van der Waals surface area contributed by atoms with E-state index in [4.69, 9.17) is 11.6 Å². The van der Waals surface area contributed by atoms with E-state index in [0.717, 1.165) is 10.4 Å². The topological polar surface area (TPSA) is 75.7 Å². The van der Waals surface area contributed by atoms with Gasteiger partial charge in [-0.25, -0.2) is 8.42 Å². The number of ether oxygens (including phenoxy) is 1. The minimum Gasteiger partial charge on any atom is -0.404 e. The van der Waals surface area contributed by atoms with Gasteiger partial charge < -0.3 is 10.1 Å². The van der Waals surface area contributed by atoms with Crippen LogP contribution in [-0.2, 0) is 14.8 Å². The highest BCUT2D eigenvalue weighted by atomic mass is 35.5. The van der Waals surface area contributed by atoms with Crippen molar-refractivity contribution in [2.24, 2.45) is 0 Å². The number of nitrogens with one attached hydrogen (secondary N) is 1. The van der Waals surface area contributed by atoms with Crippen LogP contribution in [-0.4, -0.2) is 38.6 Å². The fraction of sp³-hybridized carbons (Fsp3) is 0.188. The summed E-state index contributed by atoms with van der Waals surface area (Å²) in [5, 5.41) is 2.55. The summed E-state index contributed by atoms with van der Waals surface area (Å²) in [5.41, 5.74) is -0.239. The average Bonchev–Trinajstić information content (AvgIpc) is 2.55. The van der Waals surface area contributed by atoms with E-state index in [1.54, 1.807) is 0 Å². The molecule has 6 nitrogen and oxygen atoms in total. The molecule has 2 aromatic rings. The third kappa shape index (κ3) is 5.84. The molecule has 11 heteroatoms. The minimum atomic E-state index is -4.93. The monoisotopic (exact) mass is 422 g/mol. The van der Waals surface area contributed by atoms with Crippen LogP contribution in [0.2, 0.25) is 5.02 Å². The molecule has 2 rings (SSSR count). The third-order valence-electron chi connectivity index (χ3n) is 3.27. The van der Waals surface area contributed by atoms with E-state index >= 15 is 0 Å². The van der Waals surface area contributed by atoms with Gasteiger partial charge >= 0.3 is 6.36 Å². The molecule has 0 radical (unpaired) electrons. The number of hydrogen-bond acceptors (Lipinski definition) is 4. The van der Waals surface area contributed by atoms with Crippen molar-refractivity contribution in [3.63, 3.8) is 0 Å². The third-order valence-corrected chi connectivity index (χ3v) is 5.34. The Labute approximate surface area is 158 Å². The zero-order valence-corrected chi connectivity index (χ0v) is 15.4. The van der Waals surface area contributed by atoms with E-state index in [0.29, 0.717) is 5.02 Å². The maximum Gasteiger partial charge on any atom is 0.573 e. The van der Waals surface area contributed by atoms with Crippen LogP contribution in [0, 0.1) is 0 Å². The van der Waals surface area contributed by atoms with Crippen molar-refractivity contribution in [2.45, 2.75) is 11.3 Å². The van der Waals surface area contributed by atoms with Gasteiger partial charge in [-0.05, 0) is 36.4 Å². The van der Waals surface area contributed by atoms with Crippen molar-refractivity contribution in [1.29, 1.82) is 0 Å². The molecule has 0 aliphatic heterocycles. The Morgan fingerprint density at radius 1 is 1.15 bits per heavy atom. The molecule has 0 bridgehead atoms. The number of alkyl halides is 3. The predicted molar refractivity (Wildman–Crippen MR) is 93.0 cm³/mol. The molecule has 0 aromatic heterocycles. The SMILES string of the molecule is CN(CC(=O)Nc1ccccc1OC(F)(F)F)S(=O)(=O)c1ccc(Cl)cc1. The second kappa shape index (κ2) is 8.15. The Morgan fingerprint density at radius 3 is 2.33 bits per heavy atom. The first-order chi connectivity index (χ1) is 12.5. The number of halogens is 4. The first-order valence-electron chi connectivity index (χ1n) is 7.35. The van der Waals surface area contributed by atoms with Gasteiger partial charge in [0.05, 0.1) is 17.1 Å². The smallest absolute Gasteiger partial charge is 0.404 e. The Morgan fingerprint density at radius 2 is 1.74 bits per heavy atom. The molecule has 1 N–H and O–H groups in total. The van der Waals surface area contributed by atoms with E-state index in [1.165, 1.54) is 49.5 Å². The molecule has 0 aliphatic rings. The maximum absolute atomic E-state index is 12.4. The van der Waals surface area contributed by atoms with Crippen molar-refractivity contribution in [2.75, 3.05) is 18.9 Å². The lowest BCUT2D eigenvalue weighted by atomic mass is 10.3. The van der Waals surface area contributed by atoms with E-state index in [9.17, 15) is 26.4 Å². The lowest BCUT2D eigenvalue weighted by Crippen LogP contribution is -2.35. The quantitative estimate of drug-likeness (QED) is 0.773. The van der Waals surface area contributed by atoms with Crippen molar-refractivity contribution in [3.8, 4) is 5.75 Å². The number of carbonyl (C=O) groups is 1. The summed E-state index contributed by atoms with van der Waals surface area (Å²) in [4.78, 5) is 12.0. The van der Waals surface area contributed by atoms with Gasteiger partial charge in [-0.1, -0.05) is 23.7 Å². The number of para-hydroxylation sites is 2. The van der Waals surface area contributed by atoms with Gasteiger partial charge in [-0.3, -0.25) is 4.79 Å². The molecular weight excluding hydrogens is 409 g/mol. The molecule has 0 unspecified atom stereocenters. The van der Waals surface area contributed by atoms with Crippen LogP contribution in [0.5, 0.6) is 5.75 Å². The molecule has 0 saturated heterocycles. The number of amides is 1. The second-order valence-corrected chi connectivity index (χ2v) is 7.79. The number of hydrogen-bond donors (Lipinski definition) is 1. The Hall–Kier alpha value is -2.30. The van der Waals surface area contributed by atoms with Gasteiger partial charge in [0.1, 0.15) is 0 Å². The summed E-state index contributed by atoms with van der Waals surface area (Å²) in [6.45, 7) is -0.620. The molecule has 146 valence electrons. The number of rotatable bonds is 6. The van der Waals surface area contributed by atoms with E-state index < -0.39 is 34.6 Å². The zero-order chi connectivity index (χ0) is 20.2. The molecular formula is C16H14ClF3N2O4S. The lowest BCUT2D eigenvalue weighted by molar-refractivity contribution is -0.274. The number of anilines is 1. The first-order valence-corrected chi connectivity index (χ1v) is 9.17. The summed E-state index contributed by atoms with van der Waals surface area (Å²) in [6.07, 6.45) is -4.93. The summed E-state index contributed by atoms with van der Waals surface area (Å²) < 4.78 is 66.6. The van der Waals surface area contributed by atoms with Crippen LogP contribution in [0.4, 0.5) is 18.9 Å². The fourth-order valence-corrected chi connectivity index (χ4v) is 3.30. The number of nitrogens with zero attached hydrogens (tertiary/aromatic N) is 1. The first kappa shape index (κ1) is 21.0. The molecule has 0 atom stereocenters. The number of carbonyl (C=O) groups excluding carboxylic acids is 1. The molecule has 0 fully saturated rings. The van der Waals surface area contributed by atoms with Gasteiger partial charge in [0.25, 0.3) is 0 Å². The Balaban J connectivity index is 2.11. The van der Waals surface area contributed by atoms with E-state index in [1.807, 2.05) is 0 Å². The number of benzene rings is 2. The predicted octanol–water partition coefficient (Wildman–Crippen LogP) is 3.50. The second-order valence-electron chi connectivity index (χ2n) is 5.31. The van der Waals surface area contributed by atoms with Gasteiger partial charge in [-0.2, -0.15) is 4.31 Å². The standard InChI is InChI=1S/C16H14ClF3N2O4S/c1-22(27(24,25)12-8-6-11(17)7-9-12)10-15(23)21-13-4-2-3-5-14(13)26-16(18,19)20/h2-9H,10H2,1H3,(H,21,23). The van der Waals surface area contributed by atoms with Gasteiger partial charge in [0.15, 0.2) is 5.75 Å². The molecule has 0 spiro atoms. The van der Waals surface area contributed by atoms with Crippen LogP contribution in [0.25, 0.3) is 0 Å². The van der Waals surface area contributed by atoms with Crippen molar-refractivity contribution in [3.05, 3.63) is 53.6 Å². The number of likely N-dealkylation sites (N-methyl/N-ethyl adjacent to an activating group) is 1. The molecule has 0 saturated carbocycles. The van der Waals surface area contributed by atoms with E-state index in [2.05, 4.69) is 10.1 Å². The van der Waals surface area contributed by atoms with Crippen LogP contribution >= 0.6 is 11.6 Å². The van der Waals surface area contributed by atoms with Crippen molar-refractivity contribution in [1.82, 2.24) is 4.31 Å². The minimum absolute atomic E-state index is 0.0806. The average molecular weight is 423 g/mol. The van der Waals surface area contributed by atoms with Crippen molar-refractivity contribution >= 4 is 33.2 Å². The van der Waals surface area contributed by atoms with E-state index in [-0.39, 0.29) is 10.6 Å². The van der Waals surface area contributed by atoms with Crippen LogP contribution < -0.4 is 10.1 Å². The summed E-state index contributed by atoms with van der Waals surface area (Å²) >= 11 is 5.71. The Bertz CT molecular complexity index is 918. The van der Waals surface area contributed by atoms with Gasteiger partial charge in [-0.15, -0.1) is 13.2 Å². The van der Waals surface area contributed by atoms with Gasteiger partial charge in [0.2, 0.25) is 15.9 Å². The maximum atomic E-state index is 12.4. The summed E-state index contributed by atoms with van der Waals surface area (Å²) in [7, 11) is -2.81. The lowest BCUT2D eigenvalue weighted by Gasteiger charge is -2.18. The van der Waals surface area contributed by atoms with Crippen LogP contribution in [0.1, 0.15) is 0 Å². The van der Waals surface area contributed by atoms with Crippen LogP contribution in [0.15, 0.2) is 53.4 Å². The highest BCUT2D eigenvalue weighted by Crippen LogP contribution is 2.30. The molecule has 0 heterocycles. The Kier molecular flexibility index (Phi) is 6.34. The molecule has 2 aromatic carbocycles. The largest absolute Gasteiger partial charge is 0.573 e. The van der Waals surface area contributed by atoms with Crippen LogP contribution in [0.3, 0.4) is 0 Å². The summed E-state index contributed by atoms with van der Waals surface area (Å²) in [5.74, 6) is -1.45. The highest BCUT2D eigenvalue weighted by Gasteiger charge is 2.32. The molecule has 0 aliphatic carbocycles. The normalized spacial score (nSPS) is 12.1. The fourth-order valence-electron chi connectivity index (χ4n) is 2.05.